The molecule has 2 rings (SSSR count). The largest absolute Gasteiger partial charge is 0.355 e. The number of rotatable bonds is 4. The number of halogens is 1. The van der Waals surface area contributed by atoms with Crippen LogP contribution in [-0.4, -0.2) is 58.3 Å². The van der Waals surface area contributed by atoms with Gasteiger partial charge in [0.2, 0.25) is 0 Å². The van der Waals surface area contributed by atoms with Gasteiger partial charge >= 0.3 is 0 Å². The van der Waals surface area contributed by atoms with Gasteiger partial charge in [-0.05, 0) is 32.1 Å². The van der Waals surface area contributed by atoms with Gasteiger partial charge in [0.05, 0.1) is 6.20 Å². The molecule has 1 atom stereocenters. The van der Waals surface area contributed by atoms with Crippen molar-refractivity contribution in [2.24, 2.45) is 12.0 Å². The summed E-state index contributed by atoms with van der Waals surface area (Å²) in [6, 6.07) is 0. The Morgan fingerprint density at radius 2 is 2.27 bits per heavy atom. The summed E-state index contributed by atoms with van der Waals surface area (Å²) in [5.41, 5.74) is 1.33. The van der Waals surface area contributed by atoms with Gasteiger partial charge in [0.15, 0.2) is 5.96 Å². The number of aromatic nitrogens is 2. The Morgan fingerprint density at radius 3 is 2.82 bits per heavy atom. The second kappa shape index (κ2) is 8.42. The third kappa shape index (κ3) is 5.04. The molecule has 0 saturated carbocycles. The van der Waals surface area contributed by atoms with Crippen LogP contribution in [0.1, 0.15) is 31.7 Å². The topological polar surface area (TPSA) is 45.5 Å². The van der Waals surface area contributed by atoms with Gasteiger partial charge in [-0.15, -0.1) is 24.0 Å². The summed E-state index contributed by atoms with van der Waals surface area (Å²) in [5, 5.41) is 7.79. The smallest absolute Gasteiger partial charge is 0.193 e. The first-order valence-electron chi connectivity index (χ1n) is 7.44. The van der Waals surface area contributed by atoms with E-state index in [9.17, 15) is 0 Å². The minimum atomic E-state index is 0. The van der Waals surface area contributed by atoms with Crippen LogP contribution in [-0.2, 0) is 7.05 Å². The molecule has 0 bridgehead atoms. The highest BCUT2D eigenvalue weighted by Crippen LogP contribution is 2.27. The van der Waals surface area contributed by atoms with Gasteiger partial charge in [-0.3, -0.25) is 9.67 Å². The van der Waals surface area contributed by atoms with Crippen molar-refractivity contribution in [3.8, 4) is 0 Å². The van der Waals surface area contributed by atoms with E-state index < -0.39 is 0 Å². The van der Waals surface area contributed by atoms with E-state index in [4.69, 9.17) is 0 Å². The normalized spacial score (nSPS) is 19.2. The fourth-order valence-electron chi connectivity index (χ4n) is 2.57. The van der Waals surface area contributed by atoms with E-state index in [0.717, 1.165) is 32.0 Å². The summed E-state index contributed by atoms with van der Waals surface area (Å²) < 4.78 is 2.10. The molecule has 1 N–H and O–H groups in total. The highest BCUT2D eigenvalue weighted by molar-refractivity contribution is 14.0. The molecule has 1 aromatic rings. The SMILES string of the molecule is CN=C(NCC(C)(C)SC)N1CCC(c2cnn(C)c2)C1.I. The third-order valence-corrected chi connectivity index (χ3v) is 5.37. The van der Waals surface area contributed by atoms with Gasteiger partial charge in [-0.1, -0.05) is 0 Å². The number of likely N-dealkylation sites (tertiary alicyclic amines) is 1. The number of hydrogen-bond donors (Lipinski definition) is 1. The summed E-state index contributed by atoms with van der Waals surface area (Å²) in [6.07, 6.45) is 7.43. The van der Waals surface area contributed by atoms with Crippen LogP contribution in [0.15, 0.2) is 17.4 Å². The molecule has 22 heavy (non-hydrogen) atoms. The van der Waals surface area contributed by atoms with Crippen molar-refractivity contribution in [3.63, 3.8) is 0 Å². The first-order chi connectivity index (χ1) is 9.95. The Hall–Kier alpha value is -0.440. The van der Waals surface area contributed by atoms with Gasteiger partial charge in [0, 0.05) is 50.6 Å². The minimum Gasteiger partial charge on any atom is -0.355 e. The summed E-state index contributed by atoms with van der Waals surface area (Å²) in [6.45, 7) is 7.50. The molecule has 0 spiro atoms. The number of hydrogen-bond acceptors (Lipinski definition) is 3. The summed E-state index contributed by atoms with van der Waals surface area (Å²) >= 11 is 1.88. The quantitative estimate of drug-likeness (QED) is 0.447. The van der Waals surface area contributed by atoms with Gasteiger partial charge in [-0.25, -0.2) is 0 Å². The lowest BCUT2D eigenvalue weighted by Gasteiger charge is -2.27. The van der Waals surface area contributed by atoms with Crippen LogP contribution < -0.4 is 5.32 Å². The van der Waals surface area contributed by atoms with Crippen molar-refractivity contribution >= 4 is 41.7 Å². The fraction of sp³-hybridized carbons (Fsp3) is 0.733. The van der Waals surface area contributed by atoms with Crippen molar-refractivity contribution in [2.45, 2.75) is 30.9 Å². The summed E-state index contributed by atoms with van der Waals surface area (Å²) in [4.78, 5) is 6.80. The van der Waals surface area contributed by atoms with Crippen LogP contribution in [0.5, 0.6) is 0 Å². The van der Waals surface area contributed by atoms with E-state index >= 15 is 0 Å². The monoisotopic (exact) mass is 437 g/mol. The molecule has 0 aromatic carbocycles. The fourth-order valence-corrected chi connectivity index (χ4v) is 2.79. The molecule has 5 nitrogen and oxygen atoms in total. The molecular weight excluding hydrogens is 409 g/mol. The maximum atomic E-state index is 4.44. The highest BCUT2D eigenvalue weighted by Gasteiger charge is 2.27. The van der Waals surface area contributed by atoms with Gasteiger partial charge in [-0.2, -0.15) is 16.9 Å². The van der Waals surface area contributed by atoms with Crippen molar-refractivity contribution in [1.82, 2.24) is 20.0 Å². The molecule has 1 aromatic heterocycles. The molecule has 1 fully saturated rings. The van der Waals surface area contributed by atoms with Crippen molar-refractivity contribution < 1.29 is 0 Å². The zero-order chi connectivity index (χ0) is 15.5. The average Bonchev–Trinajstić information content (AvgIpc) is 3.08. The Morgan fingerprint density at radius 1 is 1.55 bits per heavy atom. The lowest BCUT2D eigenvalue weighted by molar-refractivity contribution is 0.480. The molecule has 1 aliphatic rings. The Balaban J connectivity index is 0.00000242. The van der Waals surface area contributed by atoms with Crippen LogP contribution in [0.2, 0.25) is 0 Å². The van der Waals surface area contributed by atoms with Crippen molar-refractivity contribution in [1.29, 1.82) is 0 Å². The number of aryl methyl sites for hydroxylation is 1. The van der Waals surface area contributed by atoms with Gasteiger partial charge < -0.3 is 10.2 Å². The highest BCUT2D eigenvalue weighted by atomic mass is 127. The Kier molecular flexibility index (Phi) is 7.51. The van der Waals surface area contributed by atoms with E-state index in [1.807, 2.05) is 36.7 Å². The predicted octanol–water partition coefficient (Wildman–Crippen LogP) is 2.54. The Labute approximate surface area is 155 Å². The minimum absolute atomic E-state index is 0. The second-order valence-corrected chi connectivity index (χ2v) is 7.76. The van der Waals surface area contributed by atoms with E-state index in [-0.39, 0.29) is 28.7 Å². The van der Waals surface area contributed by atoms with E-state index in [1.165, 1.54) is 5.56 Å². The van der Waals surface area contributed by atoms with Crippen LogP contribution in [0.4, 0.5) is 0 Å². The number of thioether (sulfide) groups is 1. The maximum Gasteiger partial charge on any atom is 0.193 e. The molecule has 0 amide bonds. The molecule has 0 aliphatic carbocycles. The Bertz CT molecular complexity index is 500. The van der Waals surface area contributed by atoms with E-state index in [0.29, 0.717) is 5.92 Å². The maximum absolute atomic E-state index is 4.44. The second-order valence-electron chi connectivity index (χ2n) is 6.24. The van der Waals surface area contributed by atoms with Gasteiger partial charge in [0.25, 0.3) is 0 Å². The van der Waals surface area contributed by atoms with Crippen LogP contribution in [0.3, 0.4) is 0 Å². The molecule has 1 unspecified atom stereocenters. The van der Waals surface area contributed by atoms with E-state index in [1.54, 1.807) is 0 Å². The van der Waals surface area contributed by atoms with Gasteiger partial charge in [0.1, 0.15) is 0 Å². The lowest BCUT2D eigenvalue weighted by atomic mass is 10.0. The third-order valence-electron chi connectivity index (χ3n) is 4.12. The molecule has 1 aliphatic heterocycles. The number of aliphatic imine (C=N–C) groups is 1. The zero-order valence-electron chi connectivity index (χ0n) is 14.2. The van der Waals surface area contributed by atoms with Crippen LogP contribution >= 0.6 is 35.7 Å². The standard InChI is InChI=1S/C15H27N5S.HI/c1-15(2,21-5)11-17-14(16-3)20-7-6-12(10-20)13-8-18-19(4)9-13;/h8-9,12H,6-7,10-11H2,1-5H3,(H,16,17);1H. The molecule has 0 radical (unpaired) electrons. The average molecular weight is 437 g/mol. The van der Waals surface area contributed by atoms with Crippen molar-refractivity contribution in [2.75, 3.05) is 32.9 Å². The molecule has 126 valence electrons. The molecule has 7 heteroatoms. The molecule has 1 saturated heterocycles. The lowest BCUT2D eigenvalue weighted by Crippen LogP contribution is -2.44. The van der Waals surface area contributed by atoms with E-state index in [2.05, 4.69) is 46.6 Å². The first kappa shape index (κ1) is 19.6. The predicted molar refractivity (Wildman–Crippen MR) is 107 cm³/mol. The van der Waals surface area contributed by atoms with Crippen LogP contribution in [0, 0.1) is 0 Å². The molecular formula is C15H28IN5S. The number of nitrogens with zero attached hydrogens (tertiary/aromatic N) is 4. The zero-order valence-corrected chi connectivity index (χ0v) is 17.3. The van der Waals surface area contributed by atoms with Crippen molar-refractivity contribution in [3.05, 3.63) is 18.0 Å². The summed E-state index contributed by atoms with van der Waals surface area (Å²) in [5.74, 6) is 1.58. The first-order valence-corrected chi connectivity index (χ1v) is 8.67. The number of nitrogens with one attached hydrogen (secondary N) is 1. The van der Waals surface area contributed by atoms with Crippen LogP contribution in [0.25, 0.3) is 0 Å². The molecule has 2 heterocycles. The number of guanidine groups is 1. The summed E-state index contributed by atoms with van der Waals surface area (Å²) in [7, 11) is 3.84.